The third kappa shape index (κ3) is 4.88. The Labute approximate surface area is 195 Å². The van der Waals surface area contributed by atoms with Crippen LogP contribution in [-0.2, 0) is 24.3 Å². The SMILES string of the molecule is Cc1c(C(=O)OCC(=O)Nc2cccc(S(=O)(=O)N3CCOCC3)c2)oc2c(Cl)cccc12. The van der Waals surface area contributed by atoms with E-state index in [-0.39, 0.29) is 29.4 Å². The van der Waals surface area contributed by atoms with Gasteiger partial charge in [0.25, 0.3) is 5.91 Å². The second-order valence-corrected chi connectivity index (χ2v) is 9.69. The lowest BCUT2D eigenvalue weighted by molar-refractivity contribution is -0.119. The van der Waals surface area contributed by atoms with Gasteiger partial charge in [-0.05, 0) is 31.2 Å². The molecule has 3 aromatic rings. The molecule has 0 aliphatic carbocycles. The summed E-state index contributed by atoms with van der Waals surface area (Å²) in [5, 5.41) is 3.58. The van der Waals surface area contributed by atoms with Crippen LogP contribution in [0, 0.1) is 6.92 Å². The molecule has 0 radical (unpaired) electrons. The number of ether oxygens (including phenoxy) is 2. The normalized spacial score (nSPS) is 14.8. The molecule has 0 saturated carbocycles. The van der Waals surface area contributed by atoms with Gasteiger partial charge in [0.2, 0.25) is 15.8 Å². The van der Waals surface area contributed by atoms with E-state index in [0.717, 1.165) is 0 Å². The second kappa shape index (κ2) is 9.52. The topological polar surface area (TPSA) is 115 Å². The fourth-order valence-corrected chi connectivity index (χ4v) is 5.14. The molecule has 2 aromatic carbocycles. The number of nitrogens with zero attached hydrogens (tertiary/aromatic N) is 1. The smallest absolute Gasteiger partial charge is 0.375 e. The van der Waals surface area contributed by atoms with Crippen LogP contribution in [-0.4, -0.2) is 57.5 Å². The van der Waals surface area contributed by atoms with Crippen LogP contribution in [0.25, 0.3) is 11.0 Å². The van der Waals surface area contributed by atoms with Gasteiger partial charge in [-0.15, -0.1) is 0 Å². The largest absolute Gasteiger partial charge is 0.450 e. The van der Waals surface area contributed by atoms with Gasteiger partial charge in [0.1, 0.15) is 0 Å². The summed E-state index contributed by atoms with van der Waals surface area (Å²) >= 11 is 6.10. The molecule has 0 atom stereocenters. The molecule has 1 saturated heterocycles. The van der Waals surface area contributed by atoms with Crippen molar-refractivity contribution in [3.63, 3.8) is 0 Å². The predicted octanol–water partition coefficient (Wildman–Crippen LogP) is 3.21. The lowest BCUT2D eigenvalue weighted by Crippen LogP contribution is -2.40. The number of para-hydroxylation sites is 1. The molecule has 4 rings (SSSR count). The van der Waals surface area contributed by atoms with Gasteiger partial charge in [-0.2, -0.15) is 4.31 Å². The van der Waals surface area contributed by atoms with Crippen molar-refractivity contribution in [2.45, 2.75) is 11.8 Å². The number of rotatable bonds is 6. The Morgan fingerprint density at radius 3 is 2.61 bits per heavy atom. The molecule has 0 bridgehead atoms. The summed E-state index contributed by atoms with van der Waals surface area (Å²) in [7, 11) is -3.71. The number of carbonyl (C=O) groups is 2. The Bertz CT molecular complexity index is 1310. The molecule has 2 heterocycles. The molecule has 1 aromatic heterocycles. The minimum atomic E-state index is -3.71. The number of furan rings is 1. The molecule has 33 heavy (non-hydrogen) atoms. The lowest BCUT2D eigenvalue weighted by atomic mass is 10.1. The van der Waals surface area contributed by atoms with E-state index in [1.54, 1.807) is 31.2 Å². The molecule has 11 heteroatoms. The summed E-state index contributed by atoms with van der Waals surface area (Å²) in [6.07, 6.45) is 0. The van der Waals surface area contributed by atoms with Gasteiger partial charge in [-0.25, -0.2) is 13.2 Å². The van der Waals surface area contributed by atoms with Crippen LogP contribution >= 0.6 is 11.6 Å². The number of nitrogens with one attached hydrogen (secondary N) is 1. The van der Waals surface area contributed by atoms with Crippen molar-refractivity contribution in [1.82, 2.24) is 4.31 Å². The molecule has 1 N–H and O–H groups in total. The van der Waals surface area contributed by atoms with E-state index >= 15 is 0 Å². The standard InChI is InChI=1S/C22H21ClN2O7S/c1-14-17-6-3-7-18(23)21(17)32-20(14)22(27)31-13-19(26)24-15-4-2-5-16(12-15)33(28,29)25-8-10-30-11-9-25/h2-7,12H,8-11,13H2,1H3,(H,24,26). The number of hydrogen-bond acceptors (Lipinski definition) is 7. The molecule has 9 nitrogen and oxygen atoms in total. The summed E-state index contributed by atoms with van der Waals surface area (Å²) in [4.78, 5) is 24.8. The Morgan fingerprint density at radius 2 is 1.88 bits per heavy atom. The molecular weight excluding hydrogens is 472 g/mol. The zero-order valence-corrected chi connectivity index (χ0v) is 19.2. The minimum absolute atomic E-state index is 0.0375. The monoisotopic (exact) mass is 492 g/mol. The Kier molecular flexibility index (Phi) is 6.71. The lowest BCUT2D eigenvalue weighted by Gasteiger charge is -2.26. The first-order chi connectivity index (χ1) is 15.8. The van der Waals surface area contributed by atoms with Gasteiger partial charge in [-0.3, -0.25) is 4.79 Å². The zero-order valence-electron chi connectivity index (χ0n) is 17.7. The van der Waals surface area contributed by atoms with Crippen molar-refractivity contribution >= 4 is 50.2 Å². The first kappa shape index (κ1) is 23.2. The van der Waals surface area contributed by atoms with Crippen molar-refractivity contribution in [1.29, 1.82) is 0 Å². The van der Waals surface area contributed by atoms with Gasteiger partial charge in [0, 0.05) is 29.7 Å². The molecule has 1 aliphatic heterocycles. The molecule has 0 spiro atoms. The number of sulfonamides is 1. The summed E-state index contributed by atoms with van der Waals surface area (Å²) < 4.78 is 42.7. The van der Waals surface area contributed by atoms with Crippen LogP contribution in [0.4, 0.5) is 5.69 Å². The summed E-state index contributed by atoms with van der Waals surface area (Å²) in [5.41, 5.74) is 1.18. The van der Waals surface area contributed by atoms with Crippen LogP contribution in [0.2, 0.25) is 5.02 Å². The van der Waals surface area contributed by atoms with E-state index < -0.39 is 28.5 Å². The molecule has 1 fully saturated rings. The third-order valence-electron chi connectivity index (χ3n) is 5.16. The van der Waals surface area contributed by atoms with Crippen LogP contribution in [0.15, 0.2) is 51.8 Å². The highest BCUT2D eigenvalue weighted by atomic mass is 35.5. The maximum atomic E-state index is 12.8. The summed E-state index contributed by atoms with van der Waals surface area (Å²) in [6.45, 7) is 2.31. The number of esters is 1. The van der Waals surface area contributed by atoms with Crippen LogP contribution < -0.4 is 5.32 Å². The van der Waals surface area contributed by atoms with Crippen molar-refractivity contribution in [2.75, 3.05) is 38.2 Å². The van der Waals surface area contributed by atoms with Crippen LogP contribution in [0.3, 0.4) is 0 Å². The van der Waals surface area contributed by atoms with E-state index in [9.17, 15) is 18.0 Å². The number of anilines is 1. The van der Waals surface area contributed by atoms with Crippen molar-refractivity contribution < 1.29 is 31.9 Å². The van der Waals surface area contributed by atoms with E-state index in [1.165, 1.54) is 22.5 Å². The Hall–Kier alpha value is -2.92. The van der Waals surface area contributed by atoms with E-state index in [0.29, 0.717) is 34.8 Å². The Balaban J connectivity index is 1.40. The van der Waals surface area contributed by atoms with E-state index in [2.05, 4.69) is 5.32 Å². The van der Waals surface area contributed by atoms with Gasteiger partial charge < -0.3 is 19.2 Å². The number of halogens is 1. The molecule has 1 amide bonds. The maximum Gasteiger partial charge on any atom is 0.375 e. The highest BCUT2D eigenvalue weighted by Gasteiger charge is 2.26. The average Bonchev–Trinajstić information content (AvgIpc) is 3.16. The minimum Gasteiger partial charge on any atom is -0.450 e. The number of morpholine rings is 1. The number of hydrogen-bond donors (Lipinski definition) is 1. The first-order valence-corrected chi connectivity index (χ1v) is 11.9. The number of carbonyl (C=O) groups excluding carboxylic acids is 2. The fraction of sp³-hybridized carbons (Fsp3) is 0.273. The van der Waals surface area contributed by atoms with Crippen molar-refractivity contribution in [2.24, 2.45) is 0 Å². The fourth-order valence-electron chi connectivity index (χ4n) is 3.47. The van der Waals surface area contributed by atoms with Gasteiger partial charge in [-0.1, -0.05) is 29.8 Å². The van der Waals surface area contributed by atoms with Gasteiger partial charge >= 0.3 is 5.97 Å². The van der Waals surface area contributed by atoms with Crippen molar-refractivity contribution in [3.05, 3.63) is 58.8 Å². The molecule has 1 aliphatic rings. The molecular formula is C22H21ClN2O7S. The quantitative estimate of drug-likeness (QED) is 0.525. The zero-order chi connectivity index (χ0) is 23.6. The average molecular weight is 493 g/mol. The summed E-state index contributed by atoms with van der Waals surface area (Å²) in [5.74, 6) is -1.47. The number of amides is 1. The predicted molar refractivity (Wildman–Crippen MR) is 121 cm³/mol. The maximum absolute atomic E-state index is 12.8. The molecule has 174 valence electrons. The van der Waals surface area contributed by atoms with E-state index in [4.69, 9.17) is 25.5 Å². The molecule has 0 unspecified atom stereocenters. The number of fused-ring (bicyclic) bond motifs is 1. The second-order valence-electron chi connectivity index (χ2n) is 7.34. The van der Waals surface area contributed by atoms with E-state index in [1.807, 2.05) is 0 Å². The van der Waals surface area contributed by atoms with Gasteiger partial charge in [0.05, 0.1) is 23.1 Å². The first-order valence-electron chi connectivity index (χ1n) is 10.1. The van der Waals surface area contributed by atoms with Crippen molar-refractivity contribution in [3.8, 4) is 0 Å². The highest BCUT2D eigenvalue weighted by molar-refractivity contribution is 7.89. The number of aryl methyl sites for hydroxylation is 1. The van der Waals surface area contributed by atoms with Gasteiger partial charge in [0.15, 0.2) is 12.2 Å². The number of benzene rings is 2. The third-order valence-corrected chi connectivity index (χ3v) is 7.35. The highest BCUT2D eigenvalue weighted by Crippen LogP contribution is 2.31. The van der Waals surface area contributed by atoms with Crippen LogP contribution in [0.1, 0.15) is 16.1 Å². The van der Waals surface area contributed by atoms with Crippen LogP contribution in [0.5, 0.6) is 0 Å². The Morgan fingerprint density at radius 1 is 1.15 bits per heavy atom. The summed E-state index contributed by atoms with van der Waals surface area (Å²) in [6, 6.07) is 11.0.